The molecule has 2 amide bonds. The Labute approximate surface area is 228 Å². The highest BCUT2D eigenvalue weighted by Crippen LogP contribution is 2.51. The SMILES string of the molecule is C[C@@H]1[C@@](C)(C(=O)NC2CC2)SC(N)=N[C@]1(C)c1cc(NC(=O)c2cnc(OCc3ncco3)cn2)ccc1F. The Morgan fingerprint density at radius 3 is 2.69 bits per heavy atom. The van der Waals surface area contributed by atoms with Crippen LogP contribution in [0.25, 0.3) is 0 Å². The van der Waals surface area contributed by atoms with Gasteiger partial charge in [-0.3, -0.25) is 14.6 Å². The summed E-state index contributed by atoms with van der Waals surface area (Å²) in [4.78, 5) is 42.8. The van der Waals surface area contributed by atoms with E-state index in [1.54, 1.807) is 13.8 Å². The number of ether oxygens (including phenoxy) is 1. The first-order valence-electron chi connectivity index (χ1n) is 12.4. The molecule has 39 heavy (non-hydrogen) atoms. The van der Waals surface area contributed by atoms with E-state index in [-0.39, 0.29) is 40.9 Å². The highest BCUT2D eigenvalue weighted by Gasteiger charge is 2.54. The van der Waals surface area contributed by atoms with E-state index < -0.39 is 27.9 Å². The Bertz CT molecular complexity index is 1410. The number of benzene rings is 1. The summed E-state index contributed by atoms with van der Waals surface area (Å²) in [6.07, 6.45) is 7.39. The van der Waals surface area contributed by atoms with Gasteiger partial charge in [0.15, 0.2) is 11.8 Å². The van der Waals surface area contributed by atoms with Crippen molar-refractivity contribution >= 4 is 34.4 Å². The fourth-order valence-electron chi connectivity index (χ4n) is 4.44. The van der Waals surface area contributed by atoms with Gasteiger partial charge < -0.3 is 25.5 Å². The molecule has 3 heterocycles. The topological polar surface area (TPSA) is 158 Å². The number of hydrogen-bond acceptors (Lipinski definition) is 10. The molecular formula is C26H28FN7O4S. The van der Waals surface area contributed by atoms with Gasteiger partial charge in [-0.05, 0) is 44.9 Å². The second-order valence-electron chi connectivity index (χ2n) is 9.88. The molecule has 0 spiro atoms. The summed E-state index contributed by atoms with van der Waals surface area (Å²) in [7, 11) is 0. The summed E-state index contributed by atoms with van der Waals surface area (Å²) in [6, 6.07) is 4.37. The molecule has 1 aliphatic heterocycles. The highest BCUT2D eigenvalue weighted by molar-refractivity contribution is 8.15. The first-order valence-corrected chi connectivity index (χ1v) is 13.2. The third-order valence-corrected chi connectivity index (χ3v) is 8.41. The van der Waals surface area contributed by atoms with Crippen LogP contribution in [0, 0.1) is 11.7 Å². The minimum atomic E-state index is -1.17. The van der Waals surface area contributed by atoms with Gasteiger partial charge in [0, 0.05) is 23.2 Å². The number of halogens is 1. The van der Waals surface area contributed by atoms with E-state index in [4.69, 9.17) is 14.9 Å². The number of nitrogens with zero attached hydrogens (tertiary/aromatic N) is 4. The van der Waals surface area contributed by atoms with Crippen LogP contribution in [-0.4, -0.2) is 42.7 Å². The number of aliphatic imine (C=N–C) groups is 1. The van der Waals surface area contributed by atoms with E-state index in [9.17, 15) is 9.59 Å². The molecule has 1 aliphatic carbocycles. The van der Waals surface area contributed by atoms with E-state index in [0.717, 1.165) is 12.8 Å². The van der Waals surface area contributed by atoms with Gasteiger partial charge in [-0.2, -0.15) is 0 Å². The number of hydrogen-bond donors (Lipinski definition) is 3. The number of amides is 2. The van der Waals surface area contributed by atoms with E-state index in [1.165, 1.54) is 54.8 Å². The van der Waals surface area contributed by atoms with Crippen molar-refractivity contribution in [3.63, 3.8) is 0 Å². The lowest BCUT2D eigenvalue weighted by Gasteiger charge is -2.46. The maximum atomic E-state index is 15.3. The minimum absolute atomic E-state index is 0.0320. The monoisotopic (exact) mass is 553 g/mol. The molecule has 2 aliphatic rings. The summed E-state index contributed by atoms with van der Waals surface area (Å²) < 4.78 is 24.8. The number of oxazole rings is 1. The number of nitrogens with one attached hydrogen (secondary N) is 2. The van der Waals surface area contributed by atoms with Crippen LogP contribution in [-0.2, 0) is 16.9 Å². The Balaban J connectivity index is 1.34. The third-order valence-electron chi connectivity index (χ3n) is 7.15. The smallest absolute Gasteiger partial charge is 0.275 e. The van der Waals surface area contributed by atoms with Gasteiger partial charge in [-0.1, -0.05) is 18.7 Å². The molecule has 1 saturated carbocycles. The molecule has 0 unspecified atom stereocenters. The Kier molecular flexibility index (Phi) is 7.02. The Morgan fingerprint density at radius 1 is 1.23 bits per heavy atom. The highest BCUT2D eigenvalue weighted by atomic mass is 32.2. The van der Waals surface area contributed by atoms with Crippen LogP contribution >= 0.6 is 11.8 Å². The molecule has 0 radical (unpaired) electrons. The average molecular weight is 554 g/mol. The van der Waals surface area contributed by atoms with E-state index in [2.05, 4.69) is 30.6 Å². The van der Waals surface area contributed by atoms with Gasteiger partial charge >= 0.3 is 0 Å². The second kappa shape index (κ2) is 10.3. The summed E-state index contributed by atoms with van der Waals surface area (Å²) in [6.45, 7) is 5.48. The molecule has 204 valence electrons. The van der Waals surface area contributed by atoms with Crippen LogP contribution in [0.2, 0.25) is 0 Å². The van der Waals surface area contributed by atoms with Crippen LogP contribution in [0.1, 0.15) is 55.6 Å². The molecule has 4 N–H and O–H groups in total. The summed E-state index contributed by atoms with van der Waals surface area (Å²) in [5.41, 5.74) is 5.58. The Hall–Kier alpha value is -4.00. The zero-order valence-corrected chi connectivity index (χ0v) is 22.4. The predicted octanol–water partition coefficient (Wildman–Crippen LogP) is 3.39. The maximum Gasteiger partial charge on any atom is 0.275 e. The molecule has 13 heteroatoms. The fourth-order valence-corrected chi connectivity index (χ4v) is 5.66. The van der Waals surface area contributed by atoms with Crippen molar-refractivity contribution in [1.29, 1.82) is 0 Å². The first kappa shape index (κ1) is 26.6. The van der Waals surface area contributed by atoms with E-state index in [0.29, 0.717) is 11.6 Å². The van der Waals surface area contributed by atoms with Gasteiger partial charge in [-0.25, -0.2) is 19.3 Å². The van der Waals surface area contributed by atoms with Crippen molar-refractivity contribution in [2.24, 2.45) is 16.6 Å². The van der Waals surface area contributed by atoms with Crippen molar-refractivity contribution in [2.75, 3.05) is 5.32 Å². The van der Waals surface area contributed by atoms with Gasteiger partial charge in [0.2, 0.25) is 17.7 Å². The standard InChI is InChI=1S/C26H28FN7O4S/c1-14-25(2,34-24(28)39-26(14,3)23(36)33-15-4-5-15)17-10-16(6-7-18(17)27)32-22(35)19-11-31-20(12-30-19)38-13-21-29-8-9-37-21/h6-12,14-15H,4-5,13H2,1-3H3,(H2,28,34)(H,32,35)(H,33,36)/t14-,25-,26-/m0/s1. The second-order valence-corrected chi connectivity index (χ2v) is 11.3. The molecule has 1 aromatic carbocycles. The number of rotatable bonds is 8. The zero-order valence-electron chi connectivity index (χ0n) is 21.6. The largest absolute Gasteiger partial charge is 0.467 e. The number of carbonyl (C=O) groups is 2. The zero-order chi connectivity index (χ0) is 27.8. The quantitative estimate of drug-likeness (QED) is 0.380. The van der Waals surface area contributed by atoms with Crippen LogP contribution in [0.3, 0.4) is 0 Å². The number of nitrogens with two attached hydrogens (primary N) is 1. The molecule has 5 rings (SSSR count). The number of carbonyl (C=O) groups excluding carboxylic acids is 2. The Morgan fingerprint density at radius 2 is 2.03 bits per heavy atom. The van der Waals surface area contributed by atoms with Crippen molar-refractivity contribution in [3.8, 4) is 5.88 Å². The van der Waals surface area contributed by atoms with Crippen LogP contribution in [0.4, 0.5) is 10.1 Å². The van der Waals surface area contributed by atoms with Gasteiger partial charge in [0.1, 0.15) is 22.5 Å². The first-order chi connectivity index (χ1) is 18.6. The van der Waals surface area contributed by atoms with Crippen LogP contribution in [0.5, 0.6) is 5.88 Å². The summed E-state index contributed by atoms with van der Waals surface area (Å²) in [5, 5.41) is 5.96. The predicted molar refractivity (Wildman–Crippen MR) is 143 cm³/mol. The fraction of sp³-hybridized carbons (Fsp3) is 0.385. The van der Waals surface area contributed by atoms with Crippen molar-refractivity contribution in [1.82, 2.24) is 20.3 Å². The molecule has 11 nitrogen and oxygen atoms in total. The van der Waals surface area contributed by atoms with Crippen molar-refractivity contribution in [3.05, 3.63) is 66.0 Å². The van der Waals surface area contributed by atoms with E-state index in [1.807, 2.05) is 6.92 Å². The number of amidine groups is 1. The number of anilines is 1. The summed E-state index contributed by atoms with van der Waals surface area (Å²) in [5.74, 6) is -1.09. The minimum Gasteiger partial charge on any atom is -0.467 e. The average Bonchev–Trinajstić information content (AvgIpc) is 3.57. The molecule has 0 saturated heterocycles. The molecule has 1 fully saturated rings. The van der Waals surface area contributed by atoms with Crippen molar-refractivity contribution < 1.29 is 23.1 Å². The van der Waals surface area contributed by atoms with Gasteiger partial charge in [0.05, 0.1) is 24.1 Å². The normalized spacial score (nSPS) is 24.5. The lowest BCUT2D eigenvalue weighted by Crippen LogP contribution is -2.56. The lowest BCUT2D eigenvalue weighted by atomic mass is 9.73. The molecule has 2 aromatic heterocycles. The van der Waals surface area contributed by atoms with E-state index >= 15 is 4.39 Å². The van der Waals surface area contributed by atoms with Gasteiger partial charge in [0.25, 0.3) is 5.91 Å². The van der Waals surface area contributed by atoms with Crippen LogP contribution in [0.15, 0.2) is 52.5 Å². The molecule has 3 atom stereocenters. The molecular weight excluding hydrogens is 525 g/mol. The molecule has 3 aromatic rings. The third kappa shape index (κ3) is 5.44. The number of thioether (sulfide) groups is 1. The summed E-state index contributed by atoms with van der Waals surface area (Å²) >= 11 is 1.18. The van der Waals surface area contributed by atoms with Gasteiger partial charge in [-0.15, -0.1) is 0 Å². The molecule has 0 bridgehead atoms. The number of aromatic nitrogens is 3. The maximum absolute atomic E-state index is 15.3. The van der Waals surface area contributed by atoms with Crippen LogP contribution < -0.4 is 21.1 Å². The lowest BCUT2D eigenvalue weighted by molar-refractivity contribution is -0.125. The van der Waals surface area contributed by atoms with Crippen molar-refractivity contribution in [2.45, 2.75) is 56.5 Å².